The summed E-state index contributed by atoms with van der Waals surface area (Å²) in [6.45, 7) is 0. The first kappa shape index (κ1) is 13.3. The molecule has 0 bridgehead atoms. The largest absolute Gasteiger partial charge is 0.391 e. The van der Waals surface area contributed by atoms with Crippen molar-refractivity contribution in [2.75, 3.05) is 14.1 Å². The molecule has 2 atom stereocenters. The van der Waals surface area contributed by atoms with E-state index in [1.807, 2.05) is 24.3 Å². The minimum atomic E-state index is -3.48. The van der Waals surface area contributed by atoms with E-state index in [1.165, 1.54) is 18.4 Å². The molecule has 0 spiro atoms. The number of rotatable bonds is 4. The zero-order chi connectivity index (χ0) is 13.3. The zero-order valence-electron chi connectivity index (χ0n) is 10.4. The van der Waals surface area contributed by atoms with E-state index in [-0.39, 0.29) is 10.8 Å². The Labute approximate surface area is 108 Å². The van der Waals surface area contributed by atoms with E-state index in [2.05, 4.69) is 0 Å². The molecule has 5 heteroatoms. The summed E-state index contributed by atoms with van der Waals surface area (Å²) < 4.78 is 25.4. The van der Waals surface area contributed by atoms with Crippen LogP contribution < -0.4 is 0 Å². The predicted molar refractivity (Wildman–Crippen MR) is 71.1 cm³/mol. The van der Waals surface area contributed by atoms with Gasteiger partial charge in [-0.05, 0) is 6.08 Å². The molecule has 18 heavy (non-hydrogen) atoms. The number of nitrogens with zero attached hydrogens (tertiary/aromatic N) is 1. The van der Waals surface area contributed by atoms with Crippen molar-refractivity contribution in [1.29, 1.82) is 0 Å². The van der Waals surface area contributed by atoms with Gasteiger partial charge in [0.15, 0.2) is 0 Å². The van der Waals surface area contributed by atoms with Crippen molar-refractivity contribution in [3.05, 3.63) is 47.4 Å². The highest BCUT2D eigenvalue weighted by molar-refractivity contribution is 7.93. The third-order valence-corrected chi connectivity index (χ3v) is 5.19. The van der Waals surface area contributed by atoms with Gasteiger partial charge in [-0.25, -0.2) is 12.7 Å². The molecule has 2 unspecified atom stereocenters. The fraction of sp³-hybridized carbons (Fsp3) is 0.385. The zero-order valence-corrected chi connectivity index (χ0v) is 11.2. The average molecular weight is 267 g/mol. The smallest absolute Gasteiger partial charge is 0.239 e. The van der Waals surface area contributed by atoms with Crippen molar-refractivity contribution >= 4 is 10.0 Å². The Morgan fingerprint density at radius 3 is 2.33 bits per heavy atom. The lowest BCUT2D eigenvalue weighted by Crippen LogP contribution is -2.33. The third-order valence-electron chi connectivity index (χ3n) is 3.23. The summed E-state index contributed by atoms with van der Waals surface area (Å²) in [5.74, 6) is -0.603. The Kier molecular flexibility index (Phi) is 3.56. The van der Waals surface area contributed by atoms with Crippen molar-refractivity contribution in [3.63, 3.8) is 0 Å². The van der Waals surface area contributed by atoms with Crippen LogP contribution in [0.1, 0.15) is 0 Å². The number of hydrogen-bond donors (Lipinski definition) is 1. The fourth-order valence-corrected chi connectivity index (χ4v) is 3.38. The molecule has 0 fully saturated rings. The maximum Gasteiger partial charge on any atom is 0.239 e. The van der Waals surface area contributed by atoms with Gasteiger partial charge in [0.1, 0.15) is 0 Å². The third kappa shape index (κ3) is 2.21. The SMILES string of the molecule is CN(C)S(=O)(=O)C1=CC=CC1C(O)C1C=CC=C1. The van der Waals surface area contributed by atoms with Gasteiger partial charge in [0.05, 0.1) is 11.0 Å². The molecule has 0 saturated carbocycles. The molecule has 2 aliphatic carbocycles. The Hall–Kier alpha value is -1.17. The molecule has 98 valence electrons. The van der Waals surface area contributed by atoms with Gasteiger partial charge in [0.2, 0.25) is 10.0 Å². The number of sulfonamides is 1. The lowest BCUT2D eigenvalue weighted by atomic mass is 9.93. The summed E-state index contributed by atoms with van der Waals surface area (Å²) in [7, 11) is -0.490. The van der Waals surface area contributed by atoms with Crippen LogP contribution in [0.15, 0.2) is 47.4 Å². The first-order chi connectivity index (χ1) is 8.44. The topological polar surface area (TPSA) is 57.6 Å². The predicted octanol–water partition coefficient (Wildman–Crippen LogP) is 1.05. The Morgan fingerprint density at radius 1 is 1.17 bits per heavy atom. The number of aliphatic hydroxyl groups excluding tert-OH is 1. The van der Waals surface area contributed by atoms with Crippen LogP contribution in [-0.2, 0) is 10.0 Å². The van der Waals surface area contributed by atoms with Crippen LogP contribution in [0.4, 0.5) is 0 Å². The molecule has 4 nitrogen and oxygen atoms in total. The minimum Gasteiger partial charge on any atom is -0.391 e. The van der Waals surface area contributed by atoms with Crippen LogP contribution in [0.5, 0.6) is 0 Å². The summed E-state index contributed by atoms with van der Waals surface area (Å²) in [5.41, 5.74) is 0. The molecule has 2 aliphatic rings. The van der Waals surface area contributed by atoms with Gasteiger partial charge in [-0.3, -0.25) is 0 Å². The molecule has 0 saturated heterocycles. The second-order valence-corrected chi connectivity index (χ2v) is 6.76. The average Bonchev–Trinajstić information content (AvgIpc) is 2.99. The highest BCUT2D eigenvalue weighted by atomic mass is 32.2. The van der Waals surface area contributed by atoms with E-state index in [1.54, 1.807) is 18.2 Å². The van der Waals surface area contributed by atoms with Crippen molar-refractivity contribution in [2.45, 2.75) is 6.10 Å². The van der Waals surface area contributed by atoms with Crippen molar-refractivity contribution in [1.82, 2.24) is 4.31 Å². The lowest BCUT2D eigenvalue weighted by molar-refractivity contribution is 0.123. The summed E-state index contributed by atoms with van der Waals surface area (Å²) in [6, 6.07) is 0. The fourth-order valence-electron chi connectivity index (χ4n) is 2.14. The molecule has 0 aromatic rings. The maximum absolute atomic E-state index is 12.1. The van der Waals surface area contributed by atoms with Crippen LogP contribution in [0.3, 0.4) is 0 Å². The number of hydrogen-bond acceptors (Lipinski definition) is 3. The second-order valence-electron chi connectivity index (χ2n) is 4.60. The maximum atomic E-state index is 12.1. The molecular weight excluding hydrogens is 250 g/mol. The van der Waals surface area contributed by atoms with E-state index in [9.17, 15) is 13.5 Å². The van der Waals surface area contributed by atoms with Gasteiger partial charge in [0, 0.05) is 25.9 Å². The van der Waals surface area contributed by atoms with Crippen LogP contribution in [-0.4, -0.2) is 38.0 Å². The molecule has 0 heterocycles. The van der Waals surface area contributed by atoms with E-state index in [4.69, 9.17) is 0 Å². The molecule has 2 rings (SSSR count). The summed E-state index contributed by atoms with van der Waals surface area (Å²) in [6.07, 6.45) is 11.7. The quantitative estimate of drug-likeness (QED) is 0.828. The molecule has 0 radical (unpaired) electrons. The van der Waals surface area contributed by atoms with Crippen LogP contribution in [0.25, 0.3) is 0 Å². The lowest BCUT2D eigenvalue weighted by Gasteiger charge is -2.25. The van der Waals surface area contributed by atoms with E-state index >= 15 is 0 Å². The molecule has 0 aromatic heterocycles. The number of aliphatic hydroxyl groups is 1. The minimum absolute atomic E-state index is 0.126. The molecule has 0 amide bonds. The van der Waals surface area contributed by atoms with Gasteiger partial charge >= 0.3 is 0 Å². The second kappa shape index (κ2) is 4.84. The van der Waals surface area contributed by atoms with Crippen LogP contribution >= 0.6 is 0 Å². The Balaban J connectivity index is 2.24. The van der Waals surface area contributed by atoms with Crippen LogP contribution in [0.2, 0.25) is 0 Å². The summed E-state index contributed by atoms with van der Waals surface area (Å²) >= 11 is 0. The molecule has 0 aliphatic heterocycles. The van der Waals surface area contributed by atoms with Crippen molar-refractivity contribution in [3.8, 4) is 0 Å². The summed E-state index contributed by atoms with van der Waals surface area (Å²) in [5, 5.41) is 10.3. The van der Waals surface area contributed by atoms with Gasteiger partial charge in [-0.2, -0.15) is 0 Å². The summed E-state index contributed by atoms with van der Waals surface area (Å²) in [4.78, 5) is 0.258. The van der Waals surface area contributed by atoms with E-state index in [0.29, 0.717) is 0 Å². The van der Waals surface area contributed by atoms with Crippen molar-refractivity contribution < 1.29 is 13.5 Å². The standard InChI is InChI=1S/C13H17NO3S/c1-14(2)18(16,17)12-9-5-8-11(12)13(15)10-6-3-4-7-10/h3-11,13,15H,1-2H3. The Bertz CT molecular complexity index is 529. The number of allylic oxidation sites excluding steroid dienone is 4. The van der Waals surface area contributed by atoms with Crippen LogP contribution in [0, 0.1) is 11.8 Å². The monoisotopic (exact) mass is 267 g/mol. The first-order valence-electron chi connectivity index (χ1n) is 5.78. The molecular formula is C13H17NO3S. The van der Waals surface area contributed by atoms with Gasteiger partial charge in [0.25, 0.3) is 0 Å². The van der Waals surface area contributed by atoms with Crippen molar-refractivity contribution in [2.24, 2.45) is 11.8 Å². The van der Waals surface area contributed by atoms with E-state index < -0.39 is 22.0 Å². The van der Waals surface area contributed by atoms with Gasteiger partial charge in [-0.1, -0.05) is 36.5 Å². The highest BCUT2D eigenvalue weighted by Gasteiger charge is 2.35. The normalized spacial score (nSPS) is 25.1. The highest BCUT2D eigenvalue weighted by Crippen LogP contribution is 2.33. The Morgan fingerprint density at radius 2 is 1.78 bits per heavy atom. The molecule has 1 N–H and O–H groups in total. The molecule has 0 aromatic carbocycles. The van der Waals surface area contributed by atoms with Gasteiger partial charge in [-0.15, -0.1) is 0 Å². The first-order valence-corrected chi connectivity index (χ1v) is 7.22. The van der Waals surface area contributed by atoms with Gasteiger partial charge < -0.3 is 5.11 Å². The van der Waals surface area contributed by atoms with E-state index in [0.717, 1.165) is 0 Å².